The molecule has 5 heteroatoms. The van der Waals surface area contributed by atoms with E-state index >= 15 is 0 Å². The molecule has 1 rings (SSSR count). The van der Waals surface area contributed by atoms with Crippen molar-refractivity contribution < 1.29 is 13.5 Å². The molecule has 2 nitrogen and oxygen atoms in total. The Morgan fingerprint density at radius 2 is 2.13 bits per heavy atom. The van der Waals surface area contributed by atoms with Crippen molar-refractivity contribution >= 4 is 17.3 Å². The third-order valence-electron chi connectivity index (χ3n) is 1.81. The summed E-state index contributed by atoms with van der Waals surface area (Å²) in [6.45, 7) is 2.22. The molecule has 84 valence electrons. The first kappa shape index (κ1) is 12.2. The average Bonchev–Trinajstić information content (AvgIpc) is 2.11. The van der Waals surface area contributed by atoms with Crippen LogP contribution < -0.4 is 5.32 Å². The van der Waals surface area contributed by atoms with Crippen LogP contribution in [0.3, 0.4) is 0 Å². The average molecular weight is 236 g/mol. The number of hydrogen-bond acceptors (Lipinski definition) is 2. The first-order valence-corrected chi connectivity index (χ1v) is 4.82. The SMILES string of the molecule is COCC(C)Nc1c(F)cc(F)cc1Cl. The summed E-state index contributed by atoms with van der Waals surface area (Å²) < 4.78 is 30.9. The quantitative estimate of drug-likeness (QED) is 0.866. The fraction of sp³-hybridized carbons (Fsp3) is 0.400. The van der Waals surface area contributed by atoms with Gasteiger partial charge < -0.3 is 10.1 Å². The van der Waals surface area contributed by atoms with Crippen LogP contribution in [0.15, 0.2) is 12.1 Å². The van der Waals surface area contributed by atoms with E-state index in [1.54, 1.807) is 7.11 Å². The van der Waals surface area contributed by atoms with E-state index in [1.807, 2.05) is 6.92 Å². The van der Waals surface area contributed by atoms with E-state index in [-0.39, 0.29) is 16.8 Å². The van der Waals surface area contributed by atoms with Gasteiger partial charge in [0.2, 0.25) is 0 Å². The zero-order chi connectivity index (χ0) is 11.4. The second-order valence-corrected chi connectivity index (χ2v) is 3.65. The third-order valence-corrected chi connectivity index (χ3v) is 2.11. The molecule has 1 aromatic rings. The molecule has 0 saturated heterocycles. The molecule has 1 N–H and O–H groups in total. The van der Waals surface area contributed by atoms with Crippen LogP contribution in [0.25, 0.3) is 0 Å². The zero-order valence-corrected chi connectivity index (χ0v) is 9.24. The highest BCUT2D eigenvalue weighted by Crippen LogP contribution is 2.26. The van der Waals surface area contributed by atoms with Gasteiger partial charge in [-0.15, -0.1) is 0 Å². The molecule has 0 fully saturated rings. The van der Waals surface area contributed by atoms with Gasteiger partial charge >= 0.3 is 0 Å². The second kappa shape index (κ2) is 5.28. The summed E-state index contributed by atoms with van der Waals surface area (Å²) in [7, 11) is 1.54. The van der Waals surface area contributed by atoms with Crippen LogP contribution in [-0.2, 0) is 4.74 Å². The molecule has 1 atom stereocenters. The molecule has 0 saturated carbocycles. The maximum atomic E-state index is 13.3. The van der Waals surface area contributed by atoms with Crippen LogP contribution in [0.4, 0.5) is 14.5 Å². The Kier molecular flexibility index (Phi) is 4.29. The van der Waals surface area contributed by atoms with Crippen LogP contribution in [0, 0.1) is 11.6 Å². The Morgan fingerprint density at radius 3 is 2.67 bits per heavy atom. The van der Waals surface area contributed by atoms with E-state index < -0.39 is 11.6 Å². The zero-order valence-electron chi connectivity index (χ0n) is 8.48. The molecule has 1 aromatic carbocycles. The number of benzene rings is 1. The van der Waals surface area contributed by atoms with Crippen LogP contribution in [0.5, 0.6) is 0 Å². The molecule has 0 radical (unpaired) electrons. The summed E-state index contributed by atoms with van der Waals surface area (Å²) in [6, 6.07) is 1.74. The molecule has 0 heterocycles. The summed E-state index contributed by atoms with van der Waals surface area (Å²) in [5.74, 6) is -1.40. The van der Waals surface area contributed by atoms with Crippen LogP contribution in [0.2, 0.25) is 5.02 Å². The summed E-state index contributed by atoms with van der Waals surface area (Å²) in [4.78, 5) is 0. The minimum Gasteiger partial charge on any atom is -0.383 e. The van der Waals surface area contributed by atoms with Gasteiger partial charge in [0.25, 0.3) is 0 Å². The molecule has 1 unspecified atom stereocenters. The number of hydrogen-bond donors (Lipinski definition) is 1. The summed E-state index contributed by atoms with van der Waals surface area (Å²) >= 11 is 5.70. The fourth-order valence-electron chi connectivity index (χ4n) is 1.22. The van der Waals surface area contributed by atoms with Gasteiger partial charge in [-0.05, 0) is 13.0 Å². The third kappa shape index (κ3) is 3.32. The van der Waals surface area contributed by atoms with Crippen molar-refractivity contribution in [2.75, 3.05) is 19.0 Å². The maximum absolute atomic E-state index is 13.3. The number of methoxy groups -OCH3 is 1. The van der Waals surface area contributed by atoms with Gasteiger partial charge in [-0.2, -0.15) is 0 Å². The molecular weight excluding hydrogens is 224 g/mol. The normalized spacial score (nSPS) is 12.6. The first-order chi connectivity index (χ1) is 7.04. The van der Waals surface area contributed by atoms with Crippen LogP contribution >= 0.6 is 11.6 Å². The molecule has 0 aromatic heterocycles. The Bertz CT molecular complexity index is 323. The molecule has 0 aliphatic heterocycles. The van der Waals surface area contributed by atoms with Crippen molar-refractivity contribution in [2.45, 2.75) is 13.0 Å². The fourth-order valence-corrected chi connectivity index (χ4v) is 1.47. The number of nitrogens with one attached hydrogen (secondary N) is 1. The van der Waals surface area contributed by atoms with Gasteiger partial charge in [-0.1, -0.05) is 11.6 Å². The molecule has 0 amide bonds. The highest BCUT2D eigenvalue weighted by atomic mass is 35.5. The second-order valence-electron chi connectivity index (χ2n) is 3.25. The smallest absolute Gasteiger partial charge is 0.150 e. The lowest BCUT2D eigenvalue weighted by Crippen LogP contribution is -2.21. The molecule has 0 aliphatic carbocycles. The molecule has 0 aliphatic rings. The molecule has 15 heavy (non-hydrogen) atoms. The Hall–Kier alpha value is -0.870. The van der Waals surface area contributed by atoms with Gasteiger partial charge in [0, 0.05) is 19.2 Å². The van der Waals surface area contributed by atoms with E-state index in [1.165, 1.54) is 0 Å². The van der Waals surface area contributed by atoms with E-state index in [9.17, 15) is 8.78 Å². The lowest BCUT2D eigenvalue weighted by atomic mass is 10.2. The van der Waals surface area contributed by atoms with Crippen LogP contribution in [0.1, 0.15) is 6.92 Å². The van der Waals surface area contributed by atoms with Crippen molar-refractivity contribution in [3.05, 3.63) is 28.8 Å². The van der Waals surface area contributed by atoms with Crippen molar-refractivity contribution in [3.63, 3.8) is 0 Å². The Labute approximate surface area is 92.2 Å². The highest BCUT2D eigenvalue weighted by molar-refractivity contribution is 6.33. The standard InChI is InChI=1S/C10H12ClF2NO/c1-6(5-15-2)14-10-8(11)3-7(12)4-9(10)13/h3-4,6,14H,5H2,1-2H3. The Balaban J connectivity index is 2.85. The van der Waals surface area contributed by atoms with Gasteiger partial charge in [0.15, 0.2) is 5.82 Å². The minimum absolute atomic E-state index is 0.0236. The Morgan fingerprint density at radius 1 is 1.47 bits per heavy atom. The summed E-state index contributed by atoms with van der Waals surface area (Å²) in [5.41, 5.74) is 0.0996. The predicted octanol–water partition coefficient (Wildman–Crippen LogP) is 3.07. The molecular formula is C10H12ClF2NO. The van der Waals surface area contributed by atoms with Crippen molar-refractivity contribution in [2.24, 2.45) is 0 Å². The largest absolute Gasteiger partial charge is 0.383 e. The van der Waals surface area contributed by atoms with Gasteiger partial charge in [0.1, 0.15) is 5.82 Å². The minimum atomic E-state index is -0.706. The lowest BCUT2D eigenvalue weighted by Gasteiger charge is -2.15. The van der Waals surface area contributed by atoms with Crippen molar-refractivity contribution in [1.29, 1.82) is 0 Å². The van der Waals surface area contributed by atoms with Gasteiger partial charge in [-0.25, -0.2) is 8.78 Å². The number of rotatable bonds is 4. The van der Waals surface area contributed by atoms with Crippen molar-refractivity contribution in [1.82, 2.24) is 0 Å². The lowest BCUT2D eigenvalue weighted by molar-refractivity contribution is 0.190. The molecule has 0 spiro atoms. The summed E-state index contributed by atoms with van der Waals surface area (Å²) in [5, 5.41) is 2.83. The van der Waals surface area contributed by atoms with E-state index in [0.717, 1.165) is 12.1 Å². The summed E-state index contributed by atoms with van der Waals surface area (Å²) in [6.07, 6.45) is 0. The van der Waals surface area contributed by atoms with E-state index in [2.05, 4.69) is 5.32 Å². The van der Waals surface area contributed by atoms with E-state index in [0.29, 0.717) is 6.61 Å². The number of anilines is 1. The predicted molar refractivity (Wildman–Crippen MR) is 56.3 cm³/mol. The number of ether oxygens (including phenoxy) is 1. The monoisotopic (exact) mass is 235 g/mol. The topological polar surface area (TPSA) is 21.3 Å². The first-order valence-electron chi connectivity index (χ1n) is 4.44. The maximum Gasteiger partial charge on any atom is 0.150 e. The van der Waals surface area contributed by atoms with Gasteiger partial charge in [0.05, 0.1) is 17.3 Å². The molecule has 0 bridgehead atoms. The van der Waals surface area contributed by atoms with Gasteiger partial charge in [-0.3, -0.25) is 0 Å². The van der Waals surface area contributed by atoms with Crippen LogP contribution in [-0.4, -0.2) is 19.8 Å². The number of halogens is 3. The van der Waals surface area contributed by atoms with Crippen molar-refractivity contribution in [3.8, 4) is 0 Å². The highest BCUT2D eigenvalue weighted by Gasteiger charge is 2.12. The van der Waals surface area contributed by atoms with E-state index in [4.69, 9.17) is 16.3 Å².